The molecular weight excluding hydrogens is 236 g/mol. The molecule has 2 N–H and O–H groups in total. The molecule has 1 aliphatic carbocycles. The van der Waals surface area contributed by atoms with Gasteiger partial charge in [0.15, 0.2) is 0 Å². The lowest BCUT2D eigenvalue weighted by Gasteiger charge is -2.23. The minimum Gasteiger partial charge on any atom is -0.492 e. The smallest absolute Gasteiger partial charge is 0.142 e. The maximum absolute atomic E-state index is 5.60. The standard InChI is InChI=1S/C16H26N2O/c1-2-19-16-11-7-6-10-15(16)18-13-12-17-14-8-4-3-5-9-14/h6-7,10-11,14,17-18H,2-5,8-9,12-13H2,1H3. The van der Waals surface area contributed by atoms with Gasteiger partial charge in [0.1, 0.15) is 5.75 Å². The van der Waals surface area contributed by atoms with E-state index in [1.807, 2.05) is 25.1 Å². The van der Waals surface area contributed by atoms with Crippen LogP contribution in [0.25, 0.3) is 0 Å². The molecule has 1 aromatic carbocycles. The summed E-state index contributed by atoms with van der Waals surface area (Å²) in [6.45, 7) is 4.69. The third-order valence-electron chi connectivity index (χ3n) is 3.67. The molecule has 0 heterocycles. The van der Waals surface area contributed by atoms with E-state index in [9.17, 15) is 0 Å². The molecule has 0 aliphatic heterocycles. The number of rotatable bonds is 7. The lowest BCUT2D eigenvalue weighted by atomic mass is 9.95. The first-order chi connectivity index (χ1) is 9.40. The third-order valence-corrected chi connectivity index (χ3v) is 3.67. The Labute approximate surface area is 116 Å². The molecular formula is C16H26N2O. The van der Waals surface area contributed by atoms with Gasteiger partial charge in [-0.3, -0.25) is 0 Å². The fourth-order valence-electron chi connectivity index (χ4n) is 2.67. The Morgan fingerprint density at radius 2 is 1.89 bits per heavy atom. The first kappa shape index (κ1) is 14.2. The minimum atomic E-state index is 0.707. The molecule has 0 unspecified atom stereocenters. The van der Waals surface area contributed by atoms with E-state index < -0.39 is 0 Å². The van der Waals surface area contributed by atoms with Gasteiger partial charge in [0.05, 0.1) is 12.3 Å². The number of anilines is 1. The number of para-hydroxylation sites is 2. The lowest BCUT2D eigenvalue weighted by Crippen LogP contribution is -2.34. The van der Waals surface area contributed by atoms with E-state index in [2.05, 4.69) is 16.7 Å². The highest BCUT2D eigenvalue weighted by Crippen LogP contribution is 2.23. The van der Waals surface area contributed by atoms with Crippen molar-refractivity contribution in [3.63, 3.8) is 0 Å². The minimum absolute atomic E-state index is 0.707. The highest BCUT2D eigenvalue weighted by molar-refractivity contribution is 5.56. The largest absolute Gasteiger partial charge is 0.492 e. The number of nitrogens with one attached hydrogen (secondary N) is 2. The third kappa shape index (κ3) is 4.75. The summed E-state index contributed by atoms with van der Waals surface area (Å²) in [6.07, 6.45) is 6.87. The van der Waals surface area contributed by atoms with Gasteiger partial charge >= 0.3 is 0 Å². The molecule has 19 heavy (non-hydrogen) atoms. The predicted molar refractivity (Wildman–Crippen MR) is 81.0 cm³/mol. The zero-order valence-corrected chi connectivity index (χ0v) is 12.0. The van der Waals surface area contributed by atoms with E-state index >= 15 is 0 Å². The first-order valence-corrected chi connectivity index (χ1v) is 7.59. The van der Waals surface area contributed by atoms with Gasteiger partial charge in [-0.15, -0.1) is 0 Å². The van der Waals surface area contributed by atoms with Crippen molar-refractivity contribution in [2.45, 2.75) is 45.1 Å². The molecule has 1 aromatic rings. The Balaban J connectivity index is 1.70. The molecule has 0 spiro atoms. The monoisotopic (exact) mass is 262 g/mol. The molecule has 0 aromatic heterocycles. The van der Waals surface area contributed by atoms with Crippen LogP contribution in [0.4, 0.5) is 5.69 Å². The van der Waals surface area contributed by atoms with Gasteiger partial charge in [-0.25, -0.2) is 0 Å². The van der Waals surface area contributed by atoms with Crippen LogP contribution in [0.5, 0.6) is 5.75 Å². The molecule has 0 atom stereocenters. The molecule has 1 saturated carbocycles. The molecule has 0 bridgehead atoms. The molecule has 0 saturated heterocycles. The van der Waals surface area contributed by atoms with Crippen molar-refractivity contribution < 1.29 is 4.74 Å². The highest BCUT2D eigenvalue weighted by Gasteiger charge is 2.11. The lowest BCUT2D eigenvalue weighted by molar-refractivity contribution is 0.341. The average Bonchev–Trinajstić information content (AvgIpc) is 2.47. The summed E-state index contributed by atoms with van der Waals surface area (Å²) >= 11 is 0. The van der Waals surface area contributed by atoms with Crippen LogP contribution in [0.1, 0.15) is 39.0 Å². The second-order valence-electron chi connectivity index (χ2n) is 5.15. The van der Waals surface area contributed by atoms with Gasteiger partial charge in [0, 0.05) is 19.1 Å². The number of benzene rings is 1. The van der Waals surface area contributed by atoms with Crippen LogP contribution in [0.2, 0.25) is 0 Å². The van der Waals surface area contributed by atoms with E-state index in [-0.39, 0.29) is 0 Å². The zero-order valence-electron chi connectivity index (χ0n) is 12.0. The average molecular weight is 262 g/mol. The van der Waals surface area contributed by atoms with Crippen LogP contribution in [0, 0.1) is 0 Å². The fourth-order valence-corrected chi connectivity index (χ4v) is 2.67. The first-order valence-electron chi connectivity index (χ1n) is 7.59. The Morgan fingerprint density at radius 3 is 2.68 bits per heavy atom. The summed E-state index contributed by atoms with van der Waals surface area (Å²) in [5.41, 5.74) is 1.09. The summed E-state index contributed by atoms with van der Waals surface area (Å²) in [4.78, 5) is 0. The molecule has 106 valence electrons. The number of ether oxygens (including phenoxy) is 1. The second-order valence-corrected chi connectivity index (χ2v) is 5.15. The molecule has 0 amide bonds. The summed E-state index contributed by atoms with van der Waals surface area (Å²) in [7, 11) is 0. The van der Waals surface area contributed by atoms with Crippen LogP contribution in [0.3, 0.4) is 0 Å². The Bertz CT molecular complexity index is 362. The van der Waals surface area contributed by atoms with Gasteiger partial charge in [-0.2, -0.15) is 0 Å². The van der Waals surface area contributed by atoms with E-state index in [0.29, 0.717) is 6.61 Å². The van der Waals surface area contributed by atoms with Gasteiger partial charge in [-0.05, 0) is 31.9 Å². The van der Waals surface area contributed by atoms with Crippen molar-refractivity contribution >= 4 is 5.69 Å². The summed E-state index contributed by atoms with van der Waals surface area (Å²) in [6, 6.07) is 8.87. The molecule has 3 nitrogen and oxygen atoms in total. The van der Waals surface area contributed by atoms with Crippen molar-refractivity contribution in [2.24, 2.45) is 0 Å². The highest BCUT2D eigenvalue weighted by atomic mass is 16.5. The Hall–Kier alpha value is -1.22. The van der Waals surface area contributed by atoms with Crippen molar-refractivity contribution in [1.82, 2.24) is 5.32 Å². The molecule has 0 radical (unpaired) electrons. The van der Waals surface area contributed by atoms with Crippen molar-refractivity contribution in [3.05, 3.63) is 24.3 Å². The van der Waals surface area contributed by atoms with Crippen LogP contribution >= 0.6 is 0 Å². The summed E-state index contributed by atoms with van der Waals surface area (Å²) in [5, 5.41) is 7.09. The fraction of sp³-hybridized carbons (Fsp3) is 0.625. The molecule has 1 fully saturated rings. The maximum Gasteiger partial charge on any atom is 0.142 e. The van der Waals surface area contributed by atoms with E-state index in [1.54, 1.807) is 0 Å². The Morgan fingerprint density at radius 1 is 1.11 bits per heavy atom. The van der Waals surface area contributed by atoms with Crippen LogP contribution in [-0.4, -0.2) is 25.7 Å². The van der Waals surface area contributed by atoms with Crippen molar-refractivity contribution in [3.8, 4) is 5.75 Å². The van der Waals surface area contributed by atoms with Crippen LogP contribution in [0.15, 0.2) is 24.3 Å². The summed E-state index contributed by atoms with van der Waals surface area (Å²) in [5.74, 6) is 0.947. The van der Waals surface area contributed by atoms with Crippen molar-refractivity contribution in [1.29, 1.82) is 0 Å². The zero-order chi connectivity index (χ0) is 13.3. The maximum atomic E-state index is 5.60. The van der Waals surface area contributed by atoms with E-state index in [1.165, 1.54) is 32.1 Å². The SMILES string of the molecule is CCOc1ccccc1NCCNC1CCCCC1. The quantitative estimate of drug-likeness (QED) is 0.739. The van der Waals surface area contributed by atoms with Gasteiger partial charge < -0.3 is 15.4 Å². The molecule has 2 rings (SSSR count). The Kier molecular flexibility index (Phi) is 6.02. The molecule has 1 aliphatic rings. The van der Waals surface area contributed by atoms with E-state index in [4.69, 9.17) is 4.74 Å². The van der Waals surface area contributed by atoms with Gasteiger partial charge in [0.25, 0.3) is 0 Å². The number of hydrogen-bond acceptors (Lipinski definition) is 3. The topological polar surface area (TPSA) is 33.3 Å². The molecule has 3 heteroatoms. The number of hydrogen-bond donors (Lipinski definition) is 2. The second kappa shape index (κ2) is 8.05. The predicted octanol–water partition coefficient (Wildman–Crippen LogP) is 3.42. The van der Waals surface area contributed by atoms with Crippen molar-refractivity contribution in [2.75, 3.05) is 25.0 Å². The van der Waals surface area contributed by atoms with Crippen LogP contribution in [-0.2, 0) is 0 Å². The summed E-state index contributed by atoms with van der Waals surface area (Å²) < 4.78 is 5.60. The van der Waals surface area contributed by atoms with E-state index in [0.717, 1.165) is 30.6 Å². The van der Waals surface area contributed by atoms with Gasteiger partial charge in [-0.1, -0.05) is 31.4 Å². The van der Waals surface area contributed by atoms with Gasteiger partial charge in [0.2, 0.25) is 0 Å². The normalized spacial score (nSPS) is 16.3. The van der Waals surface area contributed by atoms with Crippen LogP contribution < -0.4 is 15.4 Å².